The molecule has 2 aliphatic heterocycles. The molecule has 1 aromatic carbocycles. The first-order valence-corrected chi connectivity index (χ1v) is 13.2. The second kappa shape index (κ2) is 10.6. The van der Waals surface area contributed by atoms with Crippen LogP contribution in [0.5, 0.6) is 0 Å². The molecule has 0 saturated carbocycles. The minimum atomic E-state index is -0.411. The minimum Gasteiger partial charge on any atom is -0.395 e. The molecule has 0 amide bonds. The molecule has 2 saturated heterocycles. The Hall–Kier alpha value is -0.860. The van der Waals surface area contributed by atoms with Crippen molar-refractivity contribution >= 4 is 35.1 Å². The van der Waals surface area contributed by atoms with E-state index in [9.17, 15) is 14.7 Å². The van der Waals surface area contributed by atoms with Gasteiger partial charge in [-0.2, -0.15) is 0 Å². The van der Waals surface area contributed by atoms with Gasteiger partial charge in [-0.15, -0.1) is 23.5 Å². The van der Waals surface area contributed by atoms with Crippen LogP contribution in [0.2, 0.25) is 0 Å². The number of carbonyl (C=O) groups is 2. The average molecular weight is 449 g/mol. The summed E-state index contributed by atoms with van der Waals surface area (Å²) in [5, 5.41) is 15.3. The fourth-order valence-electron chi connectivity index (χ4n) is 4.95. The third kappa shape index (κ3) is 5.13. The predicted octanol–water partition coefficient (Wildman–Crippen LogP) is 2.54. The van der Waals surface area contributed by atoms with E-state index in [2.05, 4.69) is 34.9 Å². The van der Waals surface area contributed by atoms with Crippen LogP contribution in [0, 0.1) is 5.92 Å². The summed E-state index contributed by atoms with van der Waals surface area (Å²) in [6.45, 7) is -0.0477. The zero-order valence-electron chi connectivity index (χ0n) is 17.3. The van der Waals surface area contributed by atoms with Gasteiger partial charge in [-0.3, -0.25) is 14.9 Å². The maximum Gasteiger partial charge on any atom is 0.165 e. The highest BCUT2D eigenvalue weighted by Gasteiger charge is 2.44. The Labute approximate surface area is 187 Å². The average Bonchev–Trinajstić information content (AvgIpc) is 3.51. The van der Waals surface area contributed by atoms with Crippen LogP contribution in [0.1, 0.15) is 43.2 Å². The van der Waals surface area contributed by atoms with Gasteiger partial charge in [0.25, 0.3) is 0 Å². The molecule has 2 heterocycles. The molecule has 7 heteroatoms. The molecule has 0 radical (unpaired) electrons. The molecule has 4 atom stereocenters. The van der Waals surface area contributed by atoms with Gasteiger partial charge in [-0.1, -0.05) is 37.1 Å². The van der Waals surface area contributed by atoms with Crippen LogP contribution >= 0.6 is 23.5 Å². The van der Waals surface area contributed by atoms with E-state index in [0.717, 1.165) is 18.8 Å². The number of thioether (sulfide) groups is 2. The number of aliphatic hydroxyl groups is 1. The first kappa shape index (κ1) is 22.3. The Morgan fingerprint density at radius 1 is 0.967 bits per heavy atom. The summed E-state index contributed by atoms with van der Waals surface area (Å²) >= 11 is 3.09. The summed E-state index contributed by atoms with van der Waals surface area (Å²) in [6, 6.07) is 8.15. The molecule has 0 spiro atoms. The molecule has 0 aromatic heterocycles. The number of Topliss-reactive ketones (excluding diaryl/α,β-unsaturated/α-hetero) is 2. The van der Waals surface area contributed by atoms with Gasteiger partial charge in [-0.25, -0.2) is 0 Å². The van der Waals surface area contributed by atoms with Crippen LogP contribution in [0.3, 0.4) is 0 Å². The molecular weight excluding hydrogens is 416 g/mol. The third-order valence-corrected chi connectivity index (χ3v) is 9.10. The molecule has 1 aliphatic carbocycles. The van der Waals surface area contributed by atoms with Crippen molar-refractivity contribution in [3.8, 4) is 0 Å². The highest BCUT2D eigenvalue weighted by molar-refractivity contribution is 8.01. The number of carbonyl (C=O) groups excluding carboxylic acids is 2. The summed E-state index contributed by atoms with van der Waals surface area (Å²) < 4.78 is 0. The van der Waals surface area contributed by atoms with Crippen molar-refractivity contribution in [2.45, 2.75) is 67.5 Å². The second-order valence-corrected chi connectivity index (χ2v) is 10.9. The van der Waals surface area contributed by atoms with Crippen molar-refractivity contribution in [2.24, 2.45) is 5.92 Å². The highest BCUT2D eigenvalue weighted by Crippen LogP contribution is 2.31. The topological polar surface area (TPSA) is 78.4 Å². The lowest BCUT2D eigenvalue weighted by Gasteiger charge is -2.22. The first-order chi connectivity index (χ1) is 14.7. The molecule has 1 aromatic rings. The van der Waals surface area contributed by atoms with Gasteiger partial charge in [0.05, 0.1) is 23.1 Å². The van der Waals surface area contributed by atoms with Crippen molar-refractivity contribution in [1.29, 1.82) is 0 Å². The lowest BCUT2D eigenvalue weighted by molar-refractivity contribution is -0.125. The Kier molecular flexibility index (Phi) is 7.92. The number of fused-ring (bicyclic) bond motifs is 1. The molecule has 164 valence electrons. The summed E-state index contributed by atoms with van der Waals surface area (Å²) in [5.74, 6) is 2.34. The number of rotatable bonds is 10. The second-order valence-electron chi connectivity index (χ2n) is 8.65. The van der Waals surface area contributed by atoms with Crippen molar-refractivity contribution in [3.05, 3.63) is 35.4 Å². The van der Waals surface area contributed by atoms with Gasteiger partial charge in [0.2, 0.25) is 0 Å². The maximum atomic E-state index is 12.9. The summed E-state index contributed by atoms with van der Waals surface area (Å²) in [7, 11) is 0. The fraction of sp³-hybridized carbons (Fsp3) is 0.652. The monoisotopic (exact) mass is 448 g/mol. The standard InChI is InChI=1S/C23H32N2O3S2/c26-12-18-22(29-13-24-18)21(28)20-23(30-14-25-20)19(27)9-3-1-2-6-15-10-16-7-4-5-8-17(16)11-15/h4-5,7-8,15,18,20,22-26H,1-3,6,9-14H2/t18-,20-,22?,23?/m1/s1. The van der Waals surface area contributed by atoms with E-state index in [1.807, 2.05) is 0 Å². The quantitative estimate of drug-likeness (QED) is 0.475. The molecule has 5 nitrogen and oxygen atoms in total. The summed E-state index contributed by atoms with van der Waals surface area (Å²) in [5.41, 5.74) is 3.02. The van der Waals surface area contributed by atoms with Gasteiger partial charge in [0.1, 0.15) is 5.78 Å². The van der Waals surface area contributed by atoms with E-state index >= 15 is 0 Å². The van der Waals surface area contributed by atoms with E-state index in [0.29, 0.717) is 18.2 Å². The van der Waals surface area contributed by atoms with E-state index < -0.39 is 6.04 Å². The van der Waals surface area contributed by atoms with Crippen LogP contribution in [-0.2, 0) is 22.4 Å². The first-order valence-electron chi connectivity index (χ1n) is 11.1. The van der Waals surface area contributed by atoms with Gasteiger partial charge < -0.3 is 10.4 Å². The largest absolute Gasteiger partial charge is 0.395 e. The Morgan fingerprint density at radius 3 is 2.40 bits per heavy atom. The van der Waals surface area contributed by atoms with Crippen LogP contribution in [-0.4, -0.2) is 57.6 Å². The number of unbranched alkanes of at least 4 members (excludes halogenated alkanes) is 2. The van der Waals surface area contributed by atoms with Crippen LogP contribution in [0.4, 0.5) is 0 Å². The Morgan fingerprint density at radius 2 is 1.67 bits per heavy atom. The van der Waals surface area contributed by atoms with Crippen molar-refractivity contribution in [3.63, 3.8) is 0 Å². The Balaban J connectivity index is 1.17. The van der Waals surface area contributed by atoms with E-state index in [1.54, 1.807) is 11.8 Å². The molecule has 2 unspecified atom stereocenters. The van der Waals surface area contributed by atoms with E-state index in [1.165, 1.54) is 48.6 Å². The summed E-state index contributed by atoms with van der Waals surface area (Å²) in [4.78, 5) is 25.8. The fourth-order valence-corrected chi connectivity index (χ4v) is 7.35. The number of nitrogens with one attached hydrogen (secondary N) is 2. The molecule has 4 rings (SSSR count). The molecule has 3 N–H and O–H groups in total. The lowest BCUT2D eigenvalue weighted by Crippen LogP contribution is -2.50. The molecule has 3 aliphatic rings. The van der Waals surface area contributed by atoms with Gasteiger partial charge in [0, 0.05) is 24.2 Å². The van der Waals surface area contributed by atoms with Crippen LogP contribution in [0.15, 0.2) is 24.3 Å². The maximum absolute atomic E-state index is 12.9. The number of ketones is 2. The van der Waals surface area contributed by atoms with Crippen molar-refractivity contribution < 1.29 is 14.7 Å². The molecule has 2 fully saturated rings. The van der Waals surface area contributed by atoms with Gasteiger partial charge >= 0.3 is 0 Å². The van der Waals surface area contributed by atoms with Crippen LogP contribution < -0.4 is 10.6 Å². The Bertz CT molecular complexity index is 735. The number of hydrogen-bond donors (Lipinski definition) is 3. The molecule has 30 heavy (non-hydrogen) atoms. The lowest BCUT2D eigenvalue weighted by atomic mass is 9.95. The minimum absolute atomic E-state index is 0.0477. The third-order valence-electron chi connectivity index (χ3n) is 6.61. The zero-order chi connectivity index (χ0) is 20.9. The number of hydrogen-bond acceptors (Lipinski definition) is 7. The van der Waals surface area contributed by atoms with Gasteiger partial charge in [-0.05, 0) is 42.7 Å². The van der Waals surface area contributed by atoms with Crippen LogP contribution in [0.25, 0.3) is 0 Å². The van der Waals surface area contributed by atoms with E-state index in [-0.39, 0.29) is 34.7 Å². The van der Waals surface area contributed by atoms with E-state index in [4.69, 9.17) is 0 Å². The van der Waals surface area contributed by atoms with Crippen molar-refractivity contribution in [2.75, 3.05) is 18.4 Å². The predicted molar refractivity (Wildman–Crippen MR) is 124 cm³/mol. The van der Waals surface area contributed by atoms with Crippen molar-refractivity contribution in [1.82, 2.24) is 10.6 Å². The molecular formula is C23H32N2O3S2. The normalized spacial score (nSPS) is 28.7. The highest BCUT2D eigenvalue weighted by atomic mass is 32.2. The molecule has 0 bridgehead atoms. The number of benzene rings is 1. The smallest absolute Gasteiger partial charge is 0.165 e. The number of aliphatic hydroxyl groups excluding tert-OH is 1. The summed E-state index contributed by atoms with van der Waals surface area (Å²) in [6.07, 6.45) is 7.36. The zero-order valence-corrected chi connectivity index (χ0v) is 19.0. The SMILES string of the molecule is O=C(CCCCCC1Cc2ccccc2C1)C1SCN[C@@H]1C(=O)C1SCN[C@@H]1CO. The van der Waals surface area contributed by atoms with Gasteiger partial charge in [0.15, 0.2) is 5.78 Å².